The van der Waals surface area contributed by atoms with Crippen LogP contribution < -0.4 is 0 Å². The van der Waals surface area contributed by atoms with E-state index < -0.39 is 0 Å². The summed E-state index contributed by atoms with van der Waals surface area (Å²) in [6, 6.07) is 0.0574. The van der Waals surface area contributed by atoms with Crippen molar-refractivity contribution in [3.63, 3.8) is 0 Å². The van der Waals surface area contributed by atoms with E-state index in [4.69, 9.17) is 13.9 Å². The van der Waals surface area contributed by atoms with Crippen molar-refractivity contribution < 1.29 is 18.7 Å². The van der Waals surface area contributed by atoms with Gasteiger partial charge in [-0.3, -0.25) is 4.79 Å². The van der Waals surface area contributed by atoms with Gasteiger partial charge in [0.25, 0.3) is 5.91 Å². The molecular weight excluding hydrogens is 324 g/mol. The van der Waals surface area contributed by atoms with Gasteiger partial charge in [0.2, 0.25) is 0 Å². The van der Waals surface area contributed by atoms with Crippen LogP contribution in [0.5, 0.6) is 0 Å². The Kier molecular flexibility index (Phi) is 4.80. The minimum atomic E-state index is -0.129. The minimum absolute atomic E-state index is 0.0574. The molecule has 1 fully saturated rings. The largest absolute Gasteiger partial charge is 0.451 e. The molecule has 0 N–H and O–H groups in total. The summed E-state index contributed by atoms with van der Waals surface area (Å²) in [4.78, 5) is 22.5. The molecule has 2 aromatic rings. The summed E-state index contributed by atoms with van der Waals surface area (Å²) < 4.78 is 18.4. The van der Waals surface area contributed by atoms with Gasteiger partial charge in [0.1, 0.15) is 6.26 Å². The number of oxazole rings is 1. The molecule has 1 atom stereocenters. The van der Waals surface area contributed by atoms with Crippen molar-refractivity contribution in [2.75, 3.05) is 33.0 Å². The topological polar surface area (TPSA) is 82.6 Å². The van der Waals surface area contributed by atoms with Gasteiger partial charge >= 0.3 is 0 Å². The molecule has 0 unspecified atom stereocenters. The second kappa shape index (κ2) is 7.37. The fraction of sp³-hybridized carbons (Fsp3) is 0.588. The van der Waals surface area contributed by atoms with E-state index in [1.165, 1.54) is 12.7 Å². The molecule has 4 rings (SSSR count). The normalized spacial score (nSPS) is 21.3. The molecule has 2 aliphatic rings. The van der Waals surface area contributed by atoms with Gasteiger partial charge in [-0.15, -0.1) is 0 Å². The third kappa shape index (κ3) is 3.59. The molecule has 4 heterocycles. The van der Waals surface area contributed by atoms with Crippen LogP contribution in [-0.4, -0.2) is 58.3 Å². The number of hydrogen-bond acceptors (Lipinski definition) is 6. The molecule has 134 valence electrons. The van der Waals surface area contributed by atoms with E-state index in [0.29, 0.717) is 31.3 Å². The first-order chi connectivity index (χ1) is 12.3. The number of imidazole rings is 1. The fourth-order valence-corrected chi connectivity index (χ4v) is 3.44. The number of carbonyl (C=O) groups excluding carboxylic acids is 1. The monoisotopic (exact) mass is 346 g/mol. The molecule has 0 spiro atoms. The van der Waals surface area contributed by atoms with Gasteiger partial charge in [0, 0.05) is 32.6 Å². The van der Waals surface area contributed by atoms with E-state index in [-0.39, 0.29) is 11.9 Å². The Morgan fingerprint density at radius 3 is 3.00 bits per heavy atom. The van der Waals surface area contributed by atoms with E-state index in [1.54, 1.807) is 11.1 Å². The fourth-order valence-electron chi connectivity index (χ4n) is 3.44. The number of carbonyl (C=O) groups is 1. The summed E-state index contributed by atoms with van der Waals surface area (Å²) in [5, 5.41) is 0. The number of amides is 1. The summed E-state index contributed by atoms with van der Waals surface area (Å²) >= 11 is 0. The SMILES string of the molecule is O=C(c1cocn1)N1Cc2cncn2[C@H](COCC2CCOCC2)C1. The average molecular weight is 346 g/mol. The maximum absolute atomic E-state index is 12.6. The zero-order chi connectivity index (χ0) is 17.1. The van der Waals surface area contributed by atoms with Gasteiger partial charge in [-0.1, -0.05) is 0 Å². The predicted molar refractivity (Wildman–Crippen MR) is 86.9 cm³/mol. The molecule has 8 heteroatoms. The molecule has 2 aliphatic heterocycles. The molecule has 0 aromatic carbocycles. The lowest BCUT2D eigenvalue weighted by Gasteiger charge is -2.34. The summed E-state index contributed by atoms with van der Waals surface area (Å²) in [5.41, 5.74) is 1.33. The van der Waals surface area contributed by atoms with Crippen molar-refractivity contribution in [3.8, 4) is 0 Å². The first-order valence-electron chi connectivity index (χ1n) is 8.65. The third-order valence-corrected chi connectivity index (χ3v) is 4.87. The third-order valence-electron chi connectivity index (χ3n) is 4.87. The van der Waals surface area contributed by atoms with E-state index in [2.05, 4.69) is 14.5 Å². The summed E-state index contributed by atoms with van der Waals surface area (Å²) in [6.07, 6.45) is 8.37. The lowest BCUT2D eigenvalue weighted by molar-refractivity contribution is 0.00595. The number of hydrogen-bond donors (Lipinski definition) is 0. The van der Waals surface area contributed by atoms with Crippen LogP contribution in [0.2, 0.25) is 0 Å². The van der Waals surface area contributed by atoms with Gasteiger partial charge in [-0.25, -0.2) is 9.97 Å². The van der Waals surface area contributed by atoms with Crippen molar-refractivity contribution in [2.45, 2.75) is 25.4 Å². The first kappa shape index (κ1) is 16.3. The smallest absolute Gasteiger partial charge is 0.276 e. The highest BCUT2D eigenvalue weighted by Gasteiger charge is 2.30. The Labute approximate surface area is 145 Å². The molecule has 1 saturated heterocycles. The van der Waals surface area contributed by atoms with Crippen LogP contribution in [0.3, 0.4) is 0 Å². The van der Waals surface area contributed by atoms with Crippen molar-refractivity contribution >= 4 is 5.91 Å². The van der Waals surface area contributed by atoms with Crippen LogP contribution in [0.25, 0.3) is 0 Å². The molecule has 0 saturated carbocycles. The van der Waals surface area contributed by atoms with Crippen LogP contribution >= 0.6 is 0 Å². The van der Waals surface area contributed by atoms with Gasteiger partial charge in [-0.2, -0.15) is 0 Å². The van der Waals surface area contributed by atoms with E-state index in [0.717, 1.165) is 38.4 Å². The number of aromatic nitrogens is 3. The van der Waals surface area contributed by atoms with Gasteiger partial charge in [-0.05, 0) is 18.8 Å². The first-order valence-corrected chi connectivity index (χ1v) is 8.65. The van der Waals surface area contributed by atoms with Crippen molar-refractivity contribution in [1.82, 2.24) is 19.4 Å². The number of ether oxygens (including phenoxy) is 2. The Balaban J connectivity index is 1.39. The standard InChI is InChI=1S/C17H22N4O4/c22-17(16-10-25-12-19-16)20-6-14-5-18-11-21(14)15(7-20)9-24-8-13-1-3-23-4-2-13/h5,10-13,15H,1-4,6-9H2/t15-/m0/s1. The number of fused-ring (bicyclic) bond motifs is 1. The Hall–Kier alpha value is -2.19. The maximum atomic E-state index is 12.6. The molecule has 8 nitrogen and oxygen atoms in total. The van der Waals surface area contributed by atoms with E-state index in [9.17, 15) is 4.79 Å². The lowest BCUT2D eigenvalue weighted by atomic mass is 10.0. The minimum Gasteiger partial charge on any atom is -0.451 e. The Morgan fingerprint density at radius 2 is 2.20 bits per heavy atom. The Bertz CT molecular complexity index is 693. The quantitative estimate of drug-likeness (QED) is 0.816. The van der Waals surface area contributed by atoms with Crippen LogP contribution in [0.1, 0.15) is 35.1 Å². The van der Waals surface area contributed by atoms with Gasteiger partial charge < -0.3 is 23.4 Å². The highest BCUT2D eigenvalue weighted by Crippen LogP contribution is 2.23. The zero-order valence-corrected chi connectivity index (χ0v) is 14.0. The van der Waals surface area contributed by atoms with E-state index >= 15 is 0 Å². The predicted octanol–water partition coefficient (Wildman–Crippen LogP) is 1.51. The molecular formula is C17H22N4O4. The van der Waals surface area contributed by atoms with E-state index in [1.807, 2.05) is 6.33 Å². The van der Waals surface area contributed by atoms with Crippen LogP contribution in [-0.2, 0) is 16.0 Å². The highest BCUT2D eigenvalue weighted by molar-refractivity contribution is 5.91. The number of rotatable bonds is 5. The van der Waals surface area contributed by atoms with Crippen molar-refractivity contribution in [2.24, 2.45) is 5.92 Å². The summed E-state index contributed by atoms with van der Waals surface area (Å²) in [5.74, 6) is 0.433. The Morgan fingerprint density at radius 1 is 1.32 bits per heavy atom. The molecule has 0 bridgehead atoms. The lowest BCUT2D eigenvalue weighted by Crippen LogP contribution is -2.42. The number of nitrogens with zero attached hydrogens (tertiary/aromatic N) is 4. The van der Waals surface area contributed by atoms with Crippen LogP contribution in [0.4, 0.5) is 0 Å². The molecule has 2 aromatic heterocycles. The maximum Gasteiger partial charge on any atom is 0.276 e. The average Bonchev–Trinajstić information content (AvgIpc) is 3.33. The molecule has 25 heavy (non-hydrogen) atoms. The second-order valence-electron chi connectivity index (χ2n) is 6.60. The van der Waals surface area contributed by atoms with Crippen LogP contribution in [0.15, 0.2) is 29.6 Å². The molecule has 0 aliphatic carbocycles. The van der Waals surface area contributed by atoms with Crippen LogP contribution in [0, 0.1) is 5.92 Å². The highest BCUT2D eigenvalue weighted by atomic mass is 16.5. The van der Waals surface area contributed by atoms with Gasteiger partial charge in [0.15, 0.2) is 12.1 Å². The van der Waals surface area contributed by atoms with Gasteiger partial charge in [0.05, 0.1) is 31.2 Å². The zero-order valence-electron chi connectivity index (χ0n) is 14.0. The summed E-state index contributed by atoms with van der Waals surface area (Å²) in [7, 11) is 0. The summed E-state index contributed by atoms with van der Waals surface area (Å²) in [6.45, 7) is 4.03. The van der Waals surface area contributed by atoms with Crippen molar-refractivity contribution in [1.29, 1.82) is 0 Å². The second-order valence-corrected chi connectivity index (χ2v) is 6.60. The van der Waals surface area contributed by atoms with Crippen molar-refractivity contribution in [3.05, 3.63) is 36.6 Å². The molecule has 1 amide bonds. The molecule has 0 radical (unpaired) electrons.